The molecule has 1 aromatic heterocycles. The highest BCUT2D eigenvalue weighted by molar-refractivity contribution is 6.13. The van der Waals surface area contributed by atoms with Crippen LogP contribution in [0.25, 0.3) is 44.4 Å². The van der Waals surface area contributed by atoms with E-state index in [4.69, 9.17) is 8.83 Å². The van der Waals surface area contributed by atoms with Crippen molar-refractivity contribution in [1.82, 2.24) is 4.58 Å². The second-order valence-corrected chi connectivity index (χ2v) is 10.4. The van der Waals surface area contributed by atoms with Gasteiger partial charge in [0, 0.05) is 41.5 Å². The third-order valence-corrected chi connectivity index (χ3v) is 7.98. The first-order chi connectivity index (χ1) is 18.4. The maximum atomic E-state index is 13.8. The summed E-state index contributed by atoms with van der Waals surface area (Å²) in [6, 6.07) is 14.7. The zero-order chi connectivity index (χ0) is 26.1. The Morgan fingerprint density at radius 2 is 1.74 bits per heavy atom. The molecule has 0 saturated carbocycles. The van der Waals surface area contributed by atoms with Gasteiger partial charge >= 0.3 is 11.6 Å². The fourth-order valence-corrected chi connectivity index (χ4v) is 6.30. The minimum Gasteiger partial charge on any atom is -0.478 e. The lowest BCUT2D eigenvalue weighted by atomic mass is 9.88. The summed E-state index contributed by atoms with van der Waals surface area (Å²) in [5.41, 5.74) is 5.80. The summed E-state index contributed by atoms with van der Waals surface area (Å²) >= 11 is 0. The van der Waals surface area contributed by atoms with Gasteiger partial charge in [-0.25, -0.2) is 14.2 Å². The molecule has 2 aromatic carbocycles. The van der Waals surface area contributed by atoms with Crippen LogP contribution in [0.15, 0.2) is 62.2 Å². The number of carbonyl (C=O) groups is 1. The predicted octanol–water partition coefficient (Wildman–Crippen LogP) is 4.74. The standard InChI is InChI=1S/C31H26N2O5/c1-32(2)18-11-12-21-24(16-18)37-29-23-15-17-7-5-13-33-14-6-10-22(27(17)33)28(23)38-31(36)26(29)25(21)19-8-3-4-9-20(19)30(34)35/h3-4,8-9,11-12,15-16H,5-7,10,13-14H2,1-2H3/p+1. The lowest BCUT2D eigenvalue weighted by Crippen LogP contribution is -2.34. The molecule has 0 atom stereocenters. The third kappa shape index (κ3) is 3.24. The van der Waals surface area contributed by atoms with Crippen molar-refractivity contribution in [2.75, 3.05) is 32.1 Å². The van der Waals surface area contributed by atoms with Gasteiger partial charge in [0.05, 0.1) is 17.0 Å². The minimum atomic E-state index is -1.06. The molecule has 3 aliphatic heterocycles. The molecule has 7 heteroatoms. The smallest absolute Gasteiger partial charge is 0.348 e. The number of anilines is 1. The zero-order valence-corrected chi connectivity index (χ0v) is 21.3. The first-order valence-electron chi connectivity index (χ1n) is 13.0. The summed E-state index contributed by atoms with van der Waals surface area (Å²) in [6.07, 6.45) is 3.89. The van der Waals surface area contributed by atoms with E-state index in [2.05, 4.69) is 11.0 Å². The Morgan fingerprint density at radius 3 is 2.53 bits per heavy atom. The van der Waals surface area contributed by atoms with E-state index < -0.39 is 11.6 Å². The molecule has 0 unspecified atom stereocenters. The van der Waals surface area contributed by atoms with Gasteiger partial charge in [0.25, 0.3) is 0 Å². The Morgan fingerprint density at radius 1 is 0.947 bits per heavy atom. The molecule has 0 saturated heterocycles. The summed E-state index contributed by atoms with van der Waals surface area (Å²) in [5, 5.41) is 12.0. The van der Waals surface area contributed by atoms with Crippen molar-refractivity contribution in [1.29, 1.82) is 0 Å². The molecule has 0 fully saturated rings. The van der Waals surface area contributed by atoms with E-state index in [1.807, 2.05) is 36.9 Å². The monoisotopic (exact) mass is 507 g/mol. The highest BCUT2D eigenvalue weighted by Crippen LogP contribution is 2.45. The van der Waals surface area contributed by atoms with Gasteiger partial charge in [-0.1, -0.05) is 18.2 Å². The first kappa shape index (κ1) is 22.8. The molecule has 4 aliphatic rings. The van der Waals surface area contributed by atoms with Crippen LogP contribution in [-0.2, 0) is 12.8 Å². The Kier molecular flexibility index (Phi) is 4.98. The zero-order valence-electron chi connectivity index (χ0n) is 21.3. The Balaban J connectivity index is 1.71. The number of carboxylic acids is 1. The van der Waals surface area contributed by atoms with Gasteiger partial charge in [-0.2, -0.15) is 0 Å². The highest BCUT2D eigenvalue weighted by atomic mass is 16.4. The van der Waals surface area contributed by atoms with Crippen molar-refractivity contribution in [3.8, 4) is 22.5 Å². The van der Waals surface area contributed by atoms with Gasteiger partial charge in [0.2, 0.25) is 5.36 Å². The topological polar surface area (TPSA) is 86.9 Å². The van der Waals surface area contributed by atoms with Gasteiger partial charge in [0.15, 0.2) is 5.58 Å². The molecule has 0 spiro atoms. The average Bonchev–Trinajstić information content (AvgIpc) is 2.92. The van der Waals surface area contributed by atoms with Crippen LogP contribution in [0.2, 0.25) is 0 Å². The lowest BCUT2D eigenvalue weighted by molar-refractivity contribution is 0.0697. The van der Waals surface area contributed by atoms with E-state index in [0.29, 0.717) is 33.6 Å². The van der Waals surface area contributed by atoms with E-state index in [1.54, 1.807) is 24.3 Å². The Bertz CT molecular complexity index is 1910. The third-order valence-electron chi connectivity index (χ3n) is 7.98. The maximum Gasteiger partial charge on any atom is 0.348 e. The number of nitrogens with zero attached hydrogens (tertiary/aromatic N) is 2. The van der Waals surface area contributed by atoms with Crippen LogP contribution in [0, 0.1) is 0 Å². The summed E-state index contributed by atoms with van der Waals surface area (Å²) in [5.74, 6) is -0.477. The molecule has 7 rings (SSSR count). The molecular formula is C31H27N2O5+. The van der Waals surface area contributed by atoms with E-state index in [0.717, 1.165) is 55.1 Å². The van der Waals surface area contributed by atoms with E-state index in [9.17, 15) is 14.7 Å². The molecular weight excluding hydrogens is 480 g/mol. The number of aromatic carboxylic acids is 1. The van der Waals surface area contributed by atoms with Crippen LogP contribution in [-0.4, -0.2) is 38.3 Å². The molecule has 0 radical (unpaired) electrons. The number of carboxylic acid groups (broad SMARTS) is 1. The lowest BCUT2D eigenvalue weighted by Gasteiger charge is -2.37. The van der Waals surface area contributed by atoms with Crippen molar-refractivity contribution < 1.29 is 18.7 Å². The van der Waals surface area contributed by atoms with Crippen molar-refractivity contribution >= 4 is 33.6 Å². The Hall–Kier alpha value is -4.39. The second-order valence-electron chi connectivity index (χ2n) is 10.4. The Labute approximate surface area is 218 Å². The van der Waals surface area contributed by atoms with Crippen molar-refractivity contribution in [2.24, 2.45) is 0 Å². The molecule has 38 heavy (non-hydrogen) atoms. The summed E-state index contributed by atoms with van der Waals surface area (Å²) in [6.45, 7) is 2.03. The van der Waals surface area contributed by atoms with Crippen molar-refractivity contribution in [3.63, 3.8) is 0 Å². The summed E-state index contributed by atoms with van der Waals surface area (Å²) < 4.78 is 14.7. The number of fused-ring (bicyclic) bond motifs is 5. The van der Waals surface area contributed by atoms with E-state index in [-0.39, 0.29) is 10.9 Å². The van der Waals surface area contributed by atoms with Gasteiger partial charge in [-0.05, 0) is 55.0 Å². The molecule has 3 aromatic rings. The van der Waals surface area contributed by atoms with Crippen molar-refractivity contribution in [2.45, 2.75) is 25.7 Å². The van der Waals surface area contributed by atoms with Crippen LogP contribution in [0.5, 0.6) is 0 Å². The van der Waals surface area contributed by atoms with Crippen LogP contribution < -0.4 is 20.5 Å². The number of hydrogen-bond donors (Lipinski definition) is 1. The normalized spacial score (nSPS) is 14.7. The highest BCUT2D eigenvalue weighted by Gasteiger charge is 2.30. The SMILES string of the molecule is C[N+](C)=c1ccc2c(-c3ccccc3C(=O)O)c3c(=O)oc4c5c6c(cc4c3oc-2c1)CCCN6CCC5. The second kappa shape index (κ2) is 8.31. The molecule has 1 aliphatic carbocycles. The largest absolute Gasteiger partial charge is 0.478 e. The van der Waals surface area contributed by atoms with Gasteiger partial charge in [-0.15, -0.1) is 0 Å². The summed E-state index contributed by atoms with van der Waals surface area (Å²) in [7, 11) is 3.91. The van der Waals surface area contributed by atoms with Gasteiger partial charge in [0.1, 0.15) is 30.8 Å². The average molecular weight is 508 g/mol. The van der Waals surface area contributed by atoms with Crippen LogP contribution in [0.1, 0.15) is 34.3 Å². The molecule has 4 heterocycles. The molecule has 190 valence electrons. The first-order valence-corrected chi connectivity index (χ1v) is 13.0. The number of rotatable bonds is 2. The molecule has 1 N–H and O–H groups in total. The predicted molar refractivity (Wildman–Crippen MR) is 147 cm³/mol. The number of benzene rings is 3. The van der Waals surface area contributed by atoms with Crippen LogP contribution in [0.3, 0.4) is 0 Å². The quantitative estimate of drug-likeness (QED) is 0.161. The van der Waals surface area contributed by atoms with E-state index in [1.165, 1.54) is 11.3 Å². The number of aryl methyl sites for hydroxylation is 2. The van der Waals surface area contributed by atoms with E-state index >= 15 is 0 Å². The number of hydrogen-bond acceptors (Lipinski definition) is 5. The molecule has 7 nitrogen and oxygen atoms in total. The van der Waals surface area contributed by atoms with Gasteiger partial charge in [-0.3, -0.25) is 0 Å². The molecule has 0 amide bonds. The van der Waals surface area contributed by atoms with Crippen LogP contribution in [0.4, 0.5) is 5.69 Å². The minimum absolute atomic E-state index is 0.119. The molecule has 0 bridgehead atoms. The maximum absolute atomic E-state index is 13.8. The fourth-order valence-electron chi connectivity index (χ4n) is 6.30. The summed E-state index contributed by atoms with van der Waals surface area (Å²) in [4.78, 5) is 28.5. The fraction of sp³-hybridized carbons (Fsp3) is 0.258. The van der Waals surface area contributed by atoms with Crippen LogP contribution >= 0.6 is 0 Å². The van der Waals surface area contributed by atoms with Crippen molar-refractivity contribution in [3.05, 3.63) is 81.0 Å². The van der Waals surface area contributed by atoms with Gasteiger partial charge < -0.3 is 18.8 Å².